The summed E-state index contributed by atoms with van der Waals surface area (Å²) >= 11 is 0. The highest BCUT2D eigenvalue weighted by molar-refractivity contribution is 5.94. The van der Waals surface area contributed by atoms with Gasteiger partial charge in [0.2, 0.25) is 0 Å². The van der Waals surface area contributed by atoms with E-state index in [1.54, 1.807) is 18.2 Å². The fourth-order valence-corrected chi connectivity index (χ4v) is 2.27. The molecule has 0 fully saturated rings. The van der Waals surface area contributed by atoms with Crippen LogP contribution in [0.2, 0.25) is 0 Å². The quantitative estimate of drug-likeness (QED) is 0.799. The number of nitrogens with one attached hydrogen (secondary N) is 1. The van der Waals surface area contributed by atoms with Crippen LogP contribution < -0.4 is 5.32 Å². The van der Waals surface area contributed by atoms with Crippen molar-refractivity contribution >= 4 is 5.91 Å². The number of hydrogen-bond donors (Lipinski definition) is 1. The average Bonchev–Trinajstić information content (AvgIpc) is 3.03. The van der Waals surface area contributed by atoms with Crippen molar-refractivity contribution in [1.82, 2.24) is 25.5 Å². The largest absolute Gasteiger partial charge is 0.345 e. The fourth-order valence-electron chi connectivity index (χ4n) is 2.27. The topological polar surface area (TPSA) is 72.7 Å². The first-order valence-electron chi connectivity index (χ1n) is 7.43. The number of hydrogen-bond acceptors (Lipinski definition) is 4. The first-order valence-corrected chi connectivity index (χ1v) is 7.43. The lowest BCUT2D eigenvalue weighted by Gasteiger charge is -2.08. The van der Waals surface area contributed by atoms with Crippen molar-refractivity contribution in [1.29, 1.82) is 0 Å². The van der Waals surface area contributed by atoms with E-state index in [0.29, 0.717) is 17.1 Å². The van der Waals surface area contributed by atoms with E-state index >= 15 is 0 Å². The van der Waals surface area contributed by atoms with Crippen LogP contribution in [0, 0.1) is 19.7 Å². The minimum atomic E-state index is -0.381. The zero-order chi connectivity index (χ0) is 17.1. The monoisotopic (exact) mass is 325 g/mol. The molecule has 3 aromatic rings. The maximum atomic E-state index is 13.3. The summed E-state index contributed by atoms with van der Waals surface area (Å²) < 4.78 is 14.7. The molecule has 7 heteroatoms. The van der Waals surface area contributed by atoms with Gasteiger partial charge in [0, 0.05) is 5.56 Å². The van der Waals surface area contributed by atoms with Crippen LogP contribution in [0.3, 0.4) is 0 Å². The molecular formula is C17H16FN5O. The summed E-state index contributed by atoms with van der Waals surface area (Å²) in [5, 5.41) is 14.1. The van der Waals surface area contributed by atoms with Crippen molar-refractivity contribution in [3.05, 3.63) is 70.8 Å². The highest BCUT2D eigenvalue weighted by Crippen LogP contribution is 2.11. The van der Waals surface area contributed by atoms with Crippen LogP contribution in [0.1, 0.15) is 27.3 Å². The van der Waals surface area contributed by atoms with Crippen molar-refractivity contribution in [2.75, 3.05) is 0 Å². The summed E-state index contributed by atoms with van der Waals surface area (Å²) in [6, 6.07) is 11.4. The van der Waals surface area contributed by atoms with Crippen LogP contribution in [-0.2, 0) is 6.54 Å². The predicted octanol–water partition coefficient (Wildman–Crippen LogP) is 2.35. The van der Waals surface area contributed by atoms with Gasteiger partial charge in [0.25, 0.3) is 5.91 Å². The summed E-state index contributed by atoms with van der Waals surface area (Å²) in [6.07, 6.45) is 0. The second-order valence-electron chi connectivity index (χ2n) is 5.47. The molecule has 1 amide bonds. The van der Waals surface area contributed by atoms with Crippen molar-refractivity contribution in [3.8, 4) is 5.69 Å². The molecule has 6 nitrogen and oxygen atoms in total. The Bertz CT molecular complexity index is 890. The van der Waals surface area contributed by atoms with Crippen molar-refractivity contribution in [2.45, 2.75) is 20.4 Å². The number of aromatic nitrogens is 4. The number of carbonyl (C=O) groups is 1. The van der Waals surface area contributed by atoms with E-state index in [0.717, 1.165) is 11.1 Å². The maximum absolute atomic E-state index is 13.3. The molecule has 0 unspecified atom stereocenters. The van der Waals surface area contributed by atoms with Gasteiger partial charge in [0.05, 0.1) is 12.2 Å². The Morgan fingerprint density at radius 3 is 2.75 bits per heavy atom. The summed E-state index contributed by atoms with van der Waals surface area (Å²) in [5.74, 6) is -0.183. The number of benzene rings is 2. The molecule has 0 radical (unpaired) electrons. The van der Waals surface area contributed by atoms with Gasteiger partial charge in [-0.25, -0.2) is 4.39 Å². The van der Waals surface area contributed by atoms with Crippen LogP contribution in [0.15, 0.2) is 42.5 Å². The molecule has 2 aromatic carbocycles. The lowest BCUT2D eigenvalue weighted by atomic mass is 10.1. The first kappa shape index (κ1) is 15.8. The lowest BCUT2D eigenvalue weighted by molar-refractivity contribution is 0.0949. The SMILES string of the molecule is Cc1ccc(C(=O)NCc2nnnn2-c2cccc(F)c2)cc1C. The molecule has 0 aliphatic carbocycles. The van der Waals surface area contributed by atoms with Crippen LogP contribution in [0.4, 0.5) is 4.39 Å². The molecule has 0 aliphatic heterocycles. The molecule has 1 heterocycles. The minimum Gasteiger partial charge on any atom is -0.345 e. The van der Waals surface area contributed by atoms with Crippen molar-refractivity contribution in [2.24, 2.45) is 0 Å². The number of aryl methyl sites for hydroxylation is 2. The van der Waals surface area contributed by atoms with E-state index in [-0.39, 0.29) is 18.3 Å². The maximum Gasteiger partial charge on any atom is 0.251 e. The summed E-state index contributed by atoms with van der Waals surface area (Å²) in [7, 11) is 0. The van der Waals surface area contributed by atoms with Gasteiger partial charge in [0.1, 0.15) is 5.82 Å². The van der Waals surface area contributed by atoms with E-state index in [4.69, 9.17) is 0 Å². The third-order valence-electron chi connectivity index (χ3n) is 3.76. The Kier molecular flexibility index (Phi) is 4.33. The molecule has 0 spiro atoms. The standard InChI is InChI=1S/C17H16FN5O/c1-11-6-7-13(8-12(11)2)17(24)19-10-16-20-21-22-23(16)15-5-3-4-14(18)9-15/h3-9H,10H2,1-2H3,(H,19,24). The Hall–Kier alpha value is -3.09. The molecule has 1 N–H and O–H groups in total. The van der Waals surface area contributed by atoms with Gasteiger partial charge >= 0.3 is 0 Å². The highest BCUT2D eigenvalue weighted by Gasteiger charge is 2.12. The predicted molar refractivity (Wildman–Crippen MR) is 86.2 cm³/mol. The Labute approximate surface area is 138 Å². The summed E-state index contributed by atoms with van der Waals surface area (Å²) in [4.78, 5) is 12.3. The van der Waals surface area contributed by atoms with E-state index in [2.05, 4.69) is 20.8 Å². The van der Waals surface area contributed by atoms with Gasteiger partial charge < -0.3 is 5.32 Å². The van der Waals surface area contributed by atoms with Crippen LogP contribution in [0.25, 0.3) is 5.69 Å². The lowest BCUT2D eigenvalue weighted by Crippen LogP contribution is -2.24. The molecule has 0 saturated carbocycles. The van der Waals surface area contributed by atoms with E-state index < -0.39 is 0 Å². The molecule has 122 valence electrons. The van der Waals surface area contributed by atoms with Crippen LogP contribution in [0.5, 0.6) is 0 Å². The second-order valence-corrected chi connectivity index (χ2v) is 5.47. The fraction of sp³-hybridized carbons (Fsp3) is 0.176. The Morgan fingerprint density at radius 1 is 1.17 bits per heavy atom. The number of carbonyl (C=O) groups excluding carboxylic acids is 1. The third-order valence-corrected chi connectivity index (χ3v) is 3.76. The summed E-state index contributed by atoms with van der Waals surface area (Å²) in [6.45, 7) is 4.08. The number of tetrazole rings is 1. The molecular weight excluding hydrogens is 309 g/mol. The number of rotatable bonds is 4. The minimum absolute atomic E-state index is 0.134. The Balaban J connectivity index is 1.75. The zero-order valence-corrected chi connectivity index (χ0v) is 13.3. The van der Waals surface area contributed by atoms with Gasteiger partial charge in [-0.05, 0) is 65.7 Å². The highest BCUT2D eigenvalue weighted by atomic mass is 19.1. The number of nitrogens with zero attached hydrogens (tertiary/aromatic N) is 4. The summed E-state index contributed by atoms with van der Waals surface area (Å²) in [5.41, 5.74) is 3.24. The van der Waals surface area contributed by atoms with E-state index in [9.17, 15) is 9.18 Å². The van der Waals surface area contributed by atoms with Crippen LogP contribution >= 0.6 is 0 Å². The zero-order valence-electron chi connectivity index (χ0n) is 13.3. The van der Waals surface area contributed by atoms with E-state index in [1.165, 1.54) is 16.8 Å². The molecule has 24 heavy (non-hydrogen) atoms. The Morgan fingerprint density at radius 2 is 2.00 bits per heavy atom. The van der Waals surface area contributed by atoms with Gasteiger partial charge in [-0.3, -0.25) is 4.79 Å². The number of amides is 1. The molecule has 3 rings (SSSR count). The molecule has 0 atom stereocenters. The van der Waals surface area contributed by atoms with Crippen LogP contribution in [-0.4, -0.2) is 26.1 Å². The number of halogens is 1. The average molecular weight is 325 g/mol. The third kappa shape index (κ3) is 3.29. The molecule has 0 aliphatic rings. The second kappa shape index (κ2) is 6.57. The van der Waals surface area contributed by atoms with Gasteiger partial charge in [0.15, 0.2) is 5.82 Å². The first-order chi connectivity index (χ1) is 11.5. The van der Waals surface area contributed by atoms with Gasteiger partial charge in [-0.2, -0.15) is 4.68 Å². The molecule has 0 saturated heterocycles. The van der Waals surface area contributed by atoms with Gasteiger partial charge in [-0.15, -0.1) is 5.10 Å². The normalized spacial score (nSPS) is 10.6. The smallest absolute Gasteiger partial charge is 0.251 e. The van der Waals surface area contributed by atoms with E-state index in [1.807, 2.05) is 26.0 Å². The van der Waals surface area contributed by atoms with Gasteiger partial charge in [-0.1, -0.05) is 12.1 Å². The van der Waals surface area contributed by atoms with Crippen molar-refractivity contribution < 1.29 is 9.18 Å². The molecule has 0 bridgehead atoms. The molecule has 1 aromatic heterocycles. The van der Waals surface area contributed by atoms with Crippen molar-refractivity contribution in [3.63, 3.8) is 0 Å².